The van der Waals surface area contributed by atoms with Gasteiger partial charge in [0.15, 0.2) is 0 Å². The third kappa shape index (κ3) is 11.9. The van der Waals surface area contributed by atoms with E-state index in [9.17, 15) is 22.8 Å². The number of unbranched alkanes of at least 4 members (excludes halogenated alkanes) is 8. The third-order valence-electron chi connectivity index (χ3n) is 6.18. The van der Waals surface area contributed by atoms with Crippen molar-refractivity contribution in [2.75, 3.05) is 6.61 Å². The van der Waals surface area contributed by atoms with E-state index in [1.807, 2.05) is 0 Å². The minimum absolute atomic E-state index is 0.0422. The number of carbonyl (C=O) groups is 2. The molecule has 0 atom stereocenters. The maximum absolute atomic E-state index is 12.5. The zero-order valence-electron chi connectivity index (χ0n) is 23.1. The van der Waals surface area contributed by atoms with Gasteiger partial charge < -0.3 is 18.9 Å². The standard InChI is InChI=1S/C32H35F3O6/c1-2-3-4-5-6-7-8-9-10-23-38-26-15-11-24(12-16-26)30(36)39-27-17-13-25(14-18-27)31(37)40-28-19-21-29(22-20-28)41-32(33,34)35/h11-22H,2-10,23H2,1H3. The Bertz CT molecular complexity index is 1210. The molecule has 0 saturated heterocycles. The van der Waals surface area contributed by atoms with Crippen molar-refractivity contribution in [2.24, 2.45) is 0 Å². The summed E-state index contributed by atoms with van der Waals surface area (Å²) in [6.45, 7) is 2.86. The lowest BCUT2D eigenvalue weighted by Crippen LogP contribution is -2.17. The highest BCUT2D eigenvalue weighted by molar-refractivity contribution is 5.92. The van der Waals surface area contributed by atoms with Crippen LogP contribution >= 0.6 is 0 Å². The van der Waals surface area contributed by atoms with Gasteiger partial charge in [-0.1, -0.05) is 58.3 Å². The van der Waals surface area contributed by atoms with E-state index in [0.717, 1.165) is 25.0 Å². The van der Waals surface area contributed by atoms with Crippen LogP contribution < -0.4 is 18.9 Å². The average Bonchev–Trinajstić information content (AvgIpc) is 2.95. The maximum Gasteiger partial charge on any atom is 0.573 e. The number of esters is 2. The number of hydrogen-bond acceptors (Lipinski definition) is 6. The van der Waals surface area contributed by atoms with Gasteiger partial charge in [-0.25, -0.2) is 9.59 Å². The number of alkyl halides is 3. The molecular formula is C32H35F3O6. The monoisotopic (exact) mass is 572 g/mol. The van der Waals surface area contributed by atoms with Gasteiger partial charge >= 0.3 is 18.3 Å². The van der Waals surface area contributed by atoms with Crippen LogP contribution in [0.5, 0.6) is 23.0 Å². The molecule has 0 spiro atoms. The Morgan fingerprint density at radius 1 is 0.561 bits per heavy atom. The van der Waals surface area contributed by atoms with Crippen LogP contribution in [-0.4, -0.2) is 24.9 Å². The van der Waals surface area contributed by atoms with Gasteiger partial charge in [-0.3, -0.25) is 0 Å². The molecule has 3 aromatic rings. The molecule has 0 radical (unpaired) electrons. The molecule has 0 N–H and O–H groups in total. The van der Waals surface area contributed by atoms with E-state index in [0.29, 0.717) is 17.9 Å². The van der Waals surface area contributed by atoms with Gasteiger partial charge in [-0.2, -0.15) is 0 Å². The fourth-order valence-corrected chi connectivity index (χ4v) is 3.99. The molecule has 41 heavy (non-hydrogen) atoms. The van der Waals surface area contributed by atoms with Gasteiger partial charge in [0.25, 0.3) is 0 Å². The minimum Gasteiger partial charge on any atom is -0.494 e. The highest BCUT2D eigenvalue weighted by Crippen LogP contribution is 2.25. The number of carbonyl (C=O) groups excluding carboxylic acids is 2. The summed E-state index contributed by atoms with van der Waals surface area (Å²) in [6, 6.07) is 16.9. The Morgan fingerprint density at radius 2 is 0.951 bits per heavy atom. The van der Waals surface area contributed by atoms with Gasteiger partial charge in [0.1, 0.15) is 23.0 Å². The lowest BCUT2D eigenvalue weighted by Gasteiger charge is -2.10. The van der Waals surface area contributed by atoms with Crippen molar-refractivity contribution in [1.82, 2.24) is 0 Å². The van der Waals surface area contributed by atoms with Crippen molar-refractivity contribution in [1.29, 1.82) is 0 Å². The molecule has 3 aromatic carbocycles. The van der Waals surface area contributed by atoms with Gasteiger partial charge in [0, 0.05) is 0 Å². The van der Waals surface area contributed by atoms with Gasteiger partial charge in [-0.15, -0.1) is 13.2 Å². The summed E-state index contributed by atoms with van der Waals surface area (Å²) in [7, 11) is 0. The first-order valence-electron chi connectivity index (χ1n) is 13.9. The quantitative estimate of drug-likeness (QED) is 0.0970. The van der Waals surface area contributed by atoms with Crippen molar-refractivity contribution in [3.8, 4) is 23.0 Å². The van der Waals surface area contributed by atoms with Crippen LogP contribution in [-0.2, 0) is 0 Å². The second-order valence-corrected chi connectivity index (χ2v) is 9.52. The van der Waals surface area contributed by atoms with E-state index in [1.165, 1.54) is 81.3 Å². The molecule has 3 rings (SSSR count). The Balaban J connectivity index is 1.38. The fraction of sp³-hybridized carbons (Fsp3) is 0.375. The molecule has 0 heterocycles. The molecule has 0 aliphatic rings. The molecule has 0 saturated carbocycles. The first kappa shape index (κ1) is 31.5. The average molecular weight is 573 g/mol. The number of benzene rings is 3. The molecule has 0 aromatic heterocycles. The molecule has 9 heteroatoms. The van der Waals surface area contributed by atoms with Crippen LogP contribution in [0.2, 0.25) is 0 Å². The summed E-state index contributed by atoms with van der Waals surface area (Å²) in [5, 5.41) is 0. The van der Waals surface area contributed by atoms with E-state index < -0.39 is 24.1 Å². The van der Waals surface area contributed by atoms with Gasteiger partial charge in [0.2, 0.25) is 0 Å². The number of halogens is 3. The van der Waals surface area contributed by atoms with Crippen LogP contribution in [0.15, 0.2) is 72.8 Å². The molecular weight excluding hydrogens is 537 g/mol. The predicted octanol–water partition coefficient (Wildman–Crippen LogP) is 8.93. The fourth-order valence-electron chi connectivity index (χ4n) is 3.99. The summed E-state index contributed by atoms with van der Waals surface area (Å²) in [5.41, 5.74) is 0.510. The summed E-state index contributed by atoms with van der Waals surface area (Å²) in [6.07, 6.45) is 6.38. The van der Waals surface area contributed by atoms with Gasteiger partial charge in [0.05, 0.1) is 17.7 Å². The second-order valence-electron chi connectivity index (χ2n) is 9.52. The first-order valence-corrected chi connectivity index (χ1v) is 13.9. The van der Waals surface area contributed by atoms with Crippen molar-refractivity contribution >= 4 is 11.9 Å². The zero-order valence-corrected chi connectivity index (χ0v) is 23.1. The Morgan fingerprint density at radius 3 is 1.41 bits per heavy atom. The highest BCUT2D eigenvalue weighted by Gasteiger charge is 2.31. The molecule has 6 nitrogen and oxygen atoms in total. The molecule has 0 unspecified atom stereocenters. The lowest BCUT2D eigenvalue weighted by molar-refractivity contribution is -0.274. The van der Waals surface area contributed by atoms with Crippen LogP contribution in [0.1, 0.15) is 85.4 Å². The van der Waals surface area contributed by atoms with Crippen LogP contribution in [0.3, 0.4) is 0 Å². The van der Waals surface area contributed by atoms with Crippen LogP contribution in [0.4, 0.5) is 13.2 Å². The molecule has 0 fully saturated rings. The largest absolute Gasteiger partial charge is 0.573 e. The second kappa shape index (κ2) is 16.3. The van der Waals surface area contributed by atoms with Crippen LogP contribution in [0, 0.1) is 0 Å². The van der Waals surface area contributed by atoms with E-state index in [-0.39, 0.29) is 17.1 Å². The Kier molecular flexibility index (Phi) is 12.5. The summed E-state index contributed by atoms with van der Waals surface area (Å²) in [4.78, 5) is 24.9. The molecule has 0 amide bonds. The lowest BCUT2D eigenvalue weighted by atomic mass is 10.1. The van der Waals surface area contributed by atoms with Crippen molar-refractivity contribution in [3.05, 3.63) is 83.9 Å². The van der Waals surface area contributed by atoms with E-state index >= 15 is 0 Å². The first-order chi connectivity index (χ1) is 19.7. The zero-order chi connectivity index (χ0) is 29.5. The summed E-state index contributed by atoms with van der Waals surface area (Å²) >= 11 is 0. The molecule has 0 aliphatic carbocycles. The SMILES string of the molecule is CCCCCCCCCCCOc1ccc(C(=O)Oc2ccc(C(=O)Oc3ccc(OC(F)(F)F)cc3)cc2)cc1. The van der Waals surface area contributed by atoms with E-state index in [4.69, 9.17) is 14.2 Å². The van der Waals surface area contributed by atoms with E-state index in [1.54, 1.807) is 24.3 Å². The highest BCUT2D eigenvalue weighted by atomic mass is 19.4. The van der Waals surface area contributed by atoms with E-state index in [2.05, 4.69) is 11.7 Å². The third-order valence-corrected chi connectivity index (χ3v) is 6.18. The van der Waals surface area contributed by atoms with Gasteiger partial charge in [-0.05, 0) is 79.2 Å². The number of ether oxygens (including phenoxy) is 4. The molecule has 0 aliphatic heterocycles. The van der Waals surface area contributed by atoms with Crippen LogP contribution in [0.25, 0.3) is 0 Å². The summed E-state index contributed by atoms with van der Waals surface area (Å²) in [5.74, 6) is -0.768. The molecule has 0 bridgehead atoms. The Hall–Kier alpha value is -4.01. The van der Waals surface area contributed by atoms with Crippen molar-refractivity contribution < 1.29 is 41.7 Å². The topological polar surface area (TPSA) is 71.1 Å². The normalized spacial score (nSPS) is 11.1. The smallest absolute Gasteiger partial charge is 0.494 e. The minimum atomic E-state index is -4.81. The number of hydrogen-bond donors (Lipinski definition) is 0. The predicted molar refractivity (Wildman–Crippen MR) is 149 cm³/mol. The van der Waals surface area contributed by atoms with Crippen molar-refractivity contribution in [2.45, 2.75) is 71.1 Å². The molecule has 220 valence electrons. The number of rotatable bonds is 16. The van der Waals surface area contributed by atoms with Crippen molar-refractivity contribution in [3.63, 3.8) is 0 Å². The summed E-state index contributed by atoms with van der Waals surface area (Å²) < 4.78 is 56.9. The maximum atomic E-state index is 12.5. The Labute approximate surface area is 238 Å².